The number of nitrogens with one attached hydrogen (secondary N) is 1. The van der Waals surface area contributed by atoms with Gasteiger partial charge in [-0.15, -0.1) is 0 Å². The lowest BCUT2D eigenvalue weighted by Gasteiger charge is -2.14. The van der Waals surface area contributed by atoms with Crippen molar-refractivity contribution in [2.24, 2.45) is 0 Å². The standard InChI is InChI=1S/C26H24Cl2N2O/c1-18(29-26(31)23-14-13-21(27)15-24(23)28)11-12-20-17-30(16-19-7-3-2-4-8-19)25-10-6-5-9-22(20)25/h2-10,13-15,17-18H,11-12,16H2,1H3,(H,29,31). The number of amides is 1. The van der Waals surface area contributed by atoms with Crippen molar-refractivity contribution in [3.05, 3.63) is 106 Å². The Hall–Kier alpha value is -2.75. The molecule has 4 aromatic rings. The fourth-order valence-corrected chi connectivity index (χ4v) is 4.35. The number of benzene rings is 3. The smallest absolute Gasteiger partial charge is 0.253 e. The molecule has 0 spiro atoms. The molecule has 1 atom stereocenters. The largest absolute Gasteiger partial charge is 0.350 e. The van der Waals surface area contributed by atoms with Gasteiger partial charge in [-0.3, -0.25) is 4.79 Å². The van der Waals surface area contributed by atoms with Gasteiger partial charge >= 0.3 is 0 Å². The molecule has 0 aliphatic carbocycles. The van der Waals surface area contributed by atoms with Crippen molar-refractivity contribution >= 4 is 40.0 Å². The molecule has 1 amide bonds. The summed E-state index contributed by atoms with van der Waals surface area (Å²) in [5.74, 6) is -0.180. The van der Waals surface area contributed by atoms with Crippen LogP contribution in [0, 0.1) is 0 Å². The highest BCUT2D eigenvalue weighted by Gasteiger charge is 2.15. The number of aromatic nitrogens is 1. The Morgan fingerprint density at radius 1 is 1.00 bits per heavy atom. The van der Waals surface area contributed by atoms with Crippen molar-refractivity contribution in [3.8, 4) is 0 Å². The van der Waals surface area contributed by atoms with E-state index in [1.807, 2.05) is 13.0 Å². The predicted molar refractivity (Wildman–Crippen MR) is 129 cm³/mol. The molecule has 0 aliphatic rings. The third-order valence-electron chi connectivity index (χ3n) is 5.47. The molecule has 1 heterocycles. The van der Waals surface area contributed by atoms with Crippen LogP contribution in [-0.4, -0.2) is 16.5 Å². The highest BCUT2D eigenvalue weighted by Crippen LogP contribution is 2.24. The van der Waals surface area contributed by atoms with Gasteiger partial charge in [0.1, 0.15) is 0 Å². The average Bonchev–Trinajstić information content (AvgIpc) is 3.10. The number of carbonyl (C=O) groups is 1. The van der Waals surface area contributed by atoms with Gasteiger partial charge in [-0.2, -0.15) is 0 Å². The average molecular weight is 451 g/mol. The first-order chi connectivity index (χ1) is 15.0. The van der Waals surface area contributed by atoms with Crippen LogP contribution in [0.1, 0.15) is 34.8 Å². The summed E-state index contributed by atoms with van der Waals surface area (Å²) in [5, 5.41) is 5.19. The molecular weight excluding hydrogens is 427 g/mol. The summed E-state index contributed by atoms with van der Waals surface area (Å²) in [6.07, 6.45) is 3.94. The van der Waals surface area contributed by atoms with Crippen molar-refractivity contribution in [3.63, 3.8) is 0 Å². The fourth-order valence-electron chi connectivity index (χ4n) is 3.85. The first-order valence-electron chi connectivity index (χ1n) is 10.4. The molecule has 0 fully saturated rings. The summed E-state index contributed by atoms with van der Waals surface area (Å²) in [7, 11) is 0. The number of carbonyl (C=O) groups excluding carboxylic acids is 1. The number of hydrogen-bond donors (Lipinski definition) is 1. The zero-order valence-electron chi connectivity index (χ0n) is 17.3. The van der Waals surface area contributed by atoms with Gasteiger partial charge in [0.25, 0.3) is 5.91 Å². The highest BCUT2D eigenvalue weighted by molar-refractivity contribution is 6.36. The van der Waals surface area contributed by atoms with E-state index in [2.05, 4.69) is 64.6 Å². The van der Waals surface area contributed by atoms with E-state index in [9.17, 15) is 4.79 Å². The number of para-hydroxylation sites is 1. The summed E-state index contributed by atoms with van der Waals surface area (Å²) in [6, 6.07) is 23.9. The Morgan fingerprint density at radius 3 is 2.52 bits per heavy atom. The molecule has 0 bridgehead atoms. The monoisotopic (exact) mass is 450 g/mol. The SMILES string of the molecule is CC(CCc1cn(Cc2ccccc2)c2ccccc12)NC(=O)c1ccc(Cl)cc1Cl. The van der Waals surface area contributed by atoms with Crippen LogP contribution in [0.25, 0.3) is 10.9 Å². The van der Waals surface area contributed by atoms with Crippen LogP contribution in [0.5, 0.6) is 0 Å². The molecule has 5 heteroatoms. The van der Waals surface area contributed by atoms with Gasteiger partial charge < -0.3 is 9.88 Å². The normalized spacial score (nSPS) is 12.1. The van der Waals surface area contributed by atoms with Crippen LogP contribution in [0.2, 0.25) is 10.0 Å². The second kappa shape index (κ2) is 9.59. The molecule has 158 valence electrons. The summed E-state index contributed by atoms with van der Waals surface area (Å²) in [4.78, 5) is 12.6. The van der Waals surface area contributed by atoms with E-state index in [-0.39, 0.29) is 11.9 Å². The second-order valence-electron chi connectivity index (χ2n) is 7.82. The highest BCUT2D eigenvalue weighted by atomic mass is 35.5. The van der Waals surface area contributed by atoms with Crippen molar-refractivity contribution in [1.29, 1.82) is 0 Å². The van der Waals surface area contributed by atoms with Gasteiger partial charge in [0.15, 0.2) is 0 Å². The molecule has 31 heavy (non-hydrogen) atoms. The number of hydrogen-bond acceptors (Lipinski definition) is 1. The summed E-state index contributed by atoms with van der Waals surface area (Å²) in [5.41, 5.74) is 4.23. The lowest BCUT2D eigenvalue weighted by atomic mass is 10.0. The van der Waals surface area contributed by atoms with Crippen molar-refractivity contribution in [2.75, 3.05) is 0 Å². The zero-order valence-corrected chi connectivity index (χ0v) is 18.8. The van der Waals surface area contributed by atoms with E-state index in [1.165, 1.54) is 22.0 Å². The number of rotatable bonds is 7. The van der Waals surface area contributed by atoms with Crippen LogP contribution in [-0.2, 0) is 13.0 Å². The second-order valence-corrected chi connectivity index (χ2v) is 8.67. The van der Waals surface area contributed by atoms with Gasteiger partial charge in [-0.1, -0.05) is 71.7 Å². The lowest BCUT2D eigenvalue weighted by Crippen LogP contribution is -2.33. The first-order valence-corrected chi connectivity index (χ1v) is 11.1. The fraction of sp³-hybridized carbons (Fsp3) is 0.192. The van der Waals surface area contributed by atoms with E-state index >= 15 is 0 Å². The quantitative estimate of drug-likeness (QED) is 0.332. The summed E-state index contributed by atoms with van der Waals surface area (Å²) in [6.45, 7) is 2.85. The third-order valence-corrected chi connectivity index (χ3v) is 6.01. The summed E-state index contributed by atoms with van der Waals surface area (Å²) < 4.78 is 2.30. The first kappa shape index (κ1) is 21.5. The Balaban J connectivity index is 1.45. The molecule has 0 radical (unpaired) electrons. The number of halogens is 2. The number of nitrogens with zero attached hydrogens (tertiary/aromatic N) is 1. The van der Waals surface area contributed by atoms with Gasteiger partial charge in [0.2, 0.25) is 0 Å². The van der Waals surface area contributed by atoms with Crippen LogP contribution in [0.4, 0.5) is 0 Å². The maximum absolute atomic E-state index is 12.6. The molecule has 0 saturated carbocycles. The van der Waals surface area contributed by atoms with Gasteiger partial charge in [-0.25, -0.2) is 0 Å². The lowest BCUT2D eigenvalue weighted by molar-refractivity contribution is 0.0938. The molecule has 0 aliphatic heterocycles. The number of fused-ring (bicyclic) bond motifs is 1. The minimum absolute atomic E-state index is 0.00970. The maximum Gasteiger partial charge on any atom is 0.253 e. The molecule has 0 saturated heterocycles. The van der Waals surface area contributed by atoms with Crippen LogP contribution >= 0.6 is 23.2 Å². The Bertz CT molecular complexity index is 1200. The Kier molecular flexibility index (Phi) is 6.64. The predicted octanol–water partition coefficient (Wildman–Crippen LogP) is 6.75. The van der Waals surface area contributed by atoms with Gasteiger partial charge in [0, 0.05) is 34.7 Å². The third kappa shape index (κ3) is 5.12. The van der Waals surface area contributed by atoms with E-state index in [4.69, 9.17) is 23.2 Å². The van der Waals surface area contributed by atoms with Crippen LogP contribution in [0.3, 0.4) is 0 Å². The Labute approximate surface area is 192 Å². The van der Waals surface area contributed by atoms with Gasteiger partial charge in [0.05, 0.1) is 10.6 Å². The minimum Gasteiger partial charge on any atom is -0.350 e. The topological polar surface area (TPSA) is 34.0 Å². The molecule has 4 rings (SSSR count). The molecule has 3 nitrogen and oxygen atoms in total. The molecule has 3 aromatic carbocycles. The molecule has 1 aromatic heterocycles. The van der Waals surface area contributed by atoms with E-state index in [0.29, 0.717) is 15.6 Å². The van der Waals surface area contributed by atoms with Crippen molar-refractivity contribution in [1.82, 2.24) is 9.88 Å². The molecule has 1 N–H and O–H groups in total. The minimum atomic E-state index is -0.180. The molecule has 1 unspecified atom stereocenters. The van der Waals surface area contributed by atoms with Crippen molar-refractivity contribution in [2.45, 2.75) is 32.4 Å². The van der Waals surface area contributed by atoms with Gasteiger partial charge in [-0.05, 0) is 55.2 Å². The van der Waals surface area contributed by atoms with Crippen LogP contribution in [0.15, 0.2) is 79.0 Å². The van der Waals surface area contributed by atoms with E-state index in [0.717, 1.165) is 19.4 Å². The summed E-state index contributed by atoms with van der Waals surface area (Å²) >= 11 is 12.1. The molecular formula is C26H24Cl2N2O. The number of aryl methyl sites for hydroxylation is 1. The zero-order chi connectivity index (χ0) is 21.8. The van der Waals surface area contributed by atoms with Crippen LogP contribution < -0.4 is 5.32 Å². The maximum atomic E-state index is 12.6. The van der Waals surface area contributed by atoms with Crippen molar-refractivity contribution < 1.29 is 4.79 Å². The van der Waals surface area contributed by atoms with E-state index < -0.39 is 0 Å². The Morgan fingerprint density at radius 2 is 1.74 bits per heavy atom. The van der Waals surface area contributed by atoms with E-state index in [1.54, 1.807) is 18.2 Å².